The summed E-state index contributed by atoms with van der Waals surface area (Å²) in [5, 5.41) is 3.00. The van der Waals surface area contributed by atoms with Crippen LogP contribution in [0.15, 0.2) is 48.8 Å². The van der Waals surface area contributed by atoms with Gasteiger partial charge in [0, 0.05) is 50.7 Å². The summed E-state index contributed by atoms with van der Waals surface area (Å²) in [6.45, 7) is 9.94. The van der Waals surface area contributed by atoms with Gasteiger partial charge in [-0.15, -0.1) is 0 Å². The number of carbonyl (C=O) groups is 2. The van der Waals surface area contributed by atoms with Crippen molar-refractivity contribution in [3.63, 3.8) is 0 Å². The van der Waals surface area contributed by atoms with Crippen LogP contribution in [0.3, 0.4) is 0 Å². The van der Waals surface area contributed by atoms with E-state index in [1.165, 1.54) is 5.56 Å². The van der Waals surface area contributed by atoms with Gasteiger partial charge in [-0.1, -0.05) is 32.0 Å². The van der Waals surface area contributed by atoms with Gasteiger partial charge in [0.15, 0.2) is 0 Å². The van der Waals surface area contributed by atoms with E-state index in [1.54, 1.807) is 6.07 Å². The highest BCUT2D eigenvalue weighted by Gasteiger charge is 2.29. The highest BCUT2D eigenvalue weighted by Crippen LogP contribution is 2.14. The summed E-state index contributed by atoms with van der Waals surface area (Å²) in [4.78, 5) is 34.3. The predicted octanol–water partition coefficient (Wildman–Crippen LogP) is 2.88. The first kappa shape index (κ1) is 22.0. The van der Waals surface area contributed by atoms with Crippen LogP contribution in [-0.4, -0.2) is 58.8 Å². The summed E-state index contributed by atoms with van der Waals surface area (Å²) in [6, 6.07) is 11.0. The minimum Gasteiger partial charge on any atom is -0.340 e. The lowest BCUT2D eigenvalue weighted by atomic mass is 10.0. The first-order valence-corrected chi connectivity index (χ1v) is 10.7. The third-order valence-electron chi connectivity index (χ3n) is 5.54. The van der Waals surface area contributed by atoms with Crippen LogP contribution in [0.5, 0.6) is 0 Å². The second-order valence-corrected chi connectivity index (χ2v) is 8.43. The van der Waals surface area contributed by atoms with Crippen molar-refractivity contribution in [3.05, 3.63) is 65.5 Å². The Hall–Kier alpha value is -2.73. The van der Waals surface area contributed by atoms with Crippen molar-refractivity contribution < 1.29 is 9.59 Å². The summed E-state index contributed by atoms with van der Waals surface area (Å²) in [6.07, 6.45) is 4.25. The van der Waals surface area contributed by atoms with E-state index < -0.39 is 6.04 Å². The van der Waals surface area contributed by atoms with E-state index in [4.69, 9.17) is 0 Å². The van der Waals surface area contributed by atoms with Crippen LogP contribution in [0, 0.1) is 12.8 Å². The van der Waals surface area contributed by atoms with Gasteiger partial charge >= 0.3 is 0 Å². The van der Waals surface area contributed by atoms with Gasteiger partial charge in [-0.05, 0) is 48.6 Å². The van der Waals surface area contributed by atoms with Crippen LogP contribution < -0.4 is 5.32 Å². The van der Waals surface area contributed by atoms with Crippen molar-refractivity contribution in [1.29, 1.82) is 0 Å². The van der Waals surface area contributed by atoms with Crippen molar-refractivity contribution in [3.8, 4) is 0 Å². The topological polar surface area (TPSA) is 65.5 Å². The van der Waals surface area contributed by atoms with Gasteiger partial charge in [0.1, 0.15) is 6.04 Å². The average Bonchev–Trinajstić information content (AvgIpc) is 2.74. The van der Waals surface area contributed by atoms with Gasteiger partial charge in [-0.3, -0.25) is 19.5 Å². The fourth-order valence-electron chi connectivity index (χ4n) is 3.85. The summed E-state index contributed by atoms with van der Waals surface area (Å²) in [5.74, 6) is 0.154. The molecule has 0 aliphatic carbocycles. The molecule has 1 N–H and O–H groups in total. The number of rotatable bonds is 7. The SMILES string of the molecule is Cc1ccccc1C(=O)NC(CC(C)C)C(=O)N1CCN(Cc2ccncc2)CC1. The molecule has 6 nitrogen and oxygen atoms in total. The number of aromatic nitrogens is 1. The zero-order valence-electron chi connectivity index (χ0n) is 18.2. The molecule has 2 heterocycles. The van der Waals surface area contributed by atoms with Crippen molar-refractivity contribution in [2.45, 2.75) is 39.8 Å². The summed E-state index contributed by atoms with van der Waals surface area (Å²) < 4.78 is 0. The monoisotopic (exact) mass is 408 g/mol. The van der Waals surface area contributed by atoms with Crippen LogP contribution in [0.25, 0.3) is 0 Å². The Labute approximate surface area is 179 Å². The molecule has 2 amide bonds. The van der Waals surface area contributed by atoms with Crippen LogP contribution in [0.4, 0.5) is 0 Å². The molecule has 1 aromatic heterocycles. The Kier molecular flexibility index (Phi) is 7.57. The van der Waals surface area contributed by atoms with Gasteiger partial charge in [-0.25, -0.2) is 0 Å². The fraction of sp³-hybridized carbons (Fsp3) is 0.458. The largest absolute Gasteiger partial charge is 0.340 e. The van der Waals surface area contributed by atoms with Gasteiger partial charge < -0.3 is 10.2 Å². The highest BCUT2D eigenvalue weighted by molar-refractivity contribution is 5.98. The fourth-order valence-corrected chi connectivity index (χ4v) is 3.85. The van der Waals surface area contributed by atoms with Crippen molar-refractivity contribution in [2.24, 2.45) is 5.92 Å². The lowest BCUT2D eigenvalue weighted by Gasteiger charge is -2.37. The van der Waals surface area contributed by atoms with Gasteiger partial charge in [0.2, 0.25) is 5.91 Å². The van der Waals surface area contributed by atoms with E-state index in [0.717, 1.165) is 25.2 Å². The van der Waals surface area contributed by atoms with Gasteiger partial charge in [-0.2, -0.15) is 0 Å². The Balaban J connectivity index is 1.60. The molecule has 0 spiro atoms. The molecule has 0 bridgehead atoms. The summed E-state index contributed by atoms with van der Waals surface area (Å²) in [5.41, 5.74) is 2.77. The molecule has 1 fully saturated rings. The van der Waals surface area contributed by atoms with Crippen LogP contribution in [-0.2, 0) is 11.3 Å². The second kappa shape index (κ2) is 10.3. The average molecular weight is 409 g/mol. The van der Waals surface area contributed by atoms with Crippen LogP contribution in [0.2, 0.25) is 0 Å². The molecule has 160 valence electrons. The standard InChI is InChI=1S/C24H32N4O2/c1-18(2)16-22(26-23(29)21-7-5-4-6-19(21)3)24(30)28-14-12-27(13-15-28)17-20-8-10-25-11-9-20/h4-11,18,22H,12-17H2,1-3H3,(H,26,29). The van der Waals surface area contributed by atoms with E-state index >= 15 is 0 Å². The first-order valence-electron chi connectivity index (χ1n) is 10.7. The predicted molar refractivity (Wildman–Crippen MR) is 118 cm³/mol. The Morgan fingerprint density at radius 2 is 1.70 bits per heavy atom. The summed E-state index contributed by atoms with van der Waals surface area (Å²) in [7, 11) is 0. The third kappa shape index (κ3) is 5.89. The van der Waals surface area contributed by atoms with Gasteiger partial charge in [0.25, 0.3) is 5.91 Å². The van der Waals surface area contributed by atoms with E-state index in [2.05, 4.69) is 29.0 Å². The maximum absolute atomic E-state index is 13.2. The molecule has 1 atom stereocenters. The normalized spacial score (nSPS) is 15.8. The number of nitrogens with one attached hydrogen (secondary N) is 1. The lowest BCUT2D eigenvalue weighted by molar-refractivity contribution is -0.135. The smallest absolute Gasteiger partial charge is 0.252 e. The van der Waals surface area contributed by atoms with Gasteiger partial charge in [0.05, 0.1) is 0 Å². The molecule has 1 unspecified atom stereocenters. The molecule has 1 aliphatic rings. The number of hydrogen-bond donors (Lipinski definition) is 1. The van der Waals surface area contributed by atoms with E-state index in [-0.39, 0.29) is 11.8 Å². The van der Waals surface area contributed by atoms with E-state index in [0.29, 0.717) is 31.0 Å². The molecular formula is C24H32N4O2. The van der Waals surface area contributed by atoms with Crippen molar-refractivity contribution >= 4 is 11.8 Å². The Morgan fingerprint density at radius 3 is 2.33 bits per heavy atom. The molecule has 0 radical (unpaired) electrons. The van der Waals surface area contributed by atoms with Crippen LogP contribution in [0.1, 0.15) is 41.8 Å². The Morgan fingerprint density at radius 1 is 1.03 bits per heavy atom. The van der Waals surface area contributed by atoms with Crippen molar-refractivity contribution in [2.75, 3.05) is 26.2 Å². The number of aryl methyl sites for hydroxylation is 1. The highest BCUT2D eigenvalue weighted by atomic mass is 16.2. The number of amides is 2. The number of carbonyl (C=O) groups excluding carboxylic acids is 2. The molecule has 2 aromatic rings. The minimum absolute atomic E-state index is 0.0224. The number of pyridine rings is 1. The number of piperazine rings is 1. The lowest BCUT2D eigenvalue weighted by Crippen LogP contribution is -2.55. The molecule has 0 saturated carbocycles. The molecule has 6 heteroatoms. The van der Waals surface area contributed by atoms with E-state index in [9.17, 15) is 9.59 Å². The maximum atomic E-state index is 13.2. The number of hydrogen-bond acceptors (Lipinski definition) is 4. The van der Waals surface area contributed by atoms with Crippen molar-refractivity contribution in [1.82, 2.24) is 20.1 Å². The first-order chi connectivity index (χ1) is 14.4. The Bertz CT molecular complexity index is 845. The third-order valence-corrected chi connectivity index (χ3v) is 5.54. The van der Waals surface area contributed by atoms with E-state index in [1.807, 2.05) is 54.5 Å². The summed E-state index contributed by atoms with van der Waals surface area (Å²) >= 11 is 0. The molecule has 3 rings (SSSR count). The molecular weight excluding hydrogens is 376 g/mol. The van der Waals surface area contributed by atoms with Crippen LogP contribution >= 0.6 is 0 Å². The quantitative estimate of drug-likeness (QED) is 0.765. The zero-order valence-corrected chi connectivity index (χ0v) is 18.2. The maximum Gasteiger partial charge on any atom is 0.252 e. The molecule has 1 saturated heterocycles. The minimum atomic E-state index is -0.496. The number of nitrogens with zero attached hydrogens (tertiary/aromatic N) is 3. The molecule has 1 aliphatic heterocycles. The second-order valence-electron chi connectivity index (χ2n) is 8.43. The molecule has 1 aromatic carbocycles. The number of benzene rings is 1. The molecule has 30 heavy (non-hydrogen) atoms. The zero-order chi connectivity index (χ0) is 21.5.